The van der Waals surface area contributed by atoms with Gasteiger partial charge in [0.1, 0.15) is 0 Å². The molecule has 1 atom stereocenters. The molecule has 0 bridgehead atoms. The minimum absolute atomic E-state index is 0.140. The van der Waals surface area contributed by atoms with Gasteiger partial charge in [0.05, 0.1) is 6.54 Å². The van der Waals surface area contributed by atoms with E-state index < -0.39 is 11.6 Å². The van der Waals surface area contributed by atoms with Gasteiger partial charge in [-0.25, -0.2) is 9.18 Å². The number of likely N-dealkylation sites (tertiary alicyclic amines) is 1. The third-order valence-electron chi connectivity index (χ3n) is 4.49. The highest BCUT2D eigenvalue weighted by molar-refractivity contribution is 5.95. The first-order valence-electron chi connectivity index (χ1n) is 7.33. The lowest BCUT2D eigenvalue weighted by Crippen LogP contribution is -2.38. The number of alkyl halides is 1. The van der Waals surface area contributed by atoms with Crippen LogP contribution in [-0.2, 0) is 17.6 Å². The second-order valence-corrected chi connectivity index (χ2v) is 5.94. The van der Waals surface area contributed by atoms with Crippen molar-refractivity contribution in [2.75, 3.05) is 13.1 Å². The van der Waals surface area contributed by atoms with Crippen LogP contribution in [0.2, 0.25) is 0 Å². The second kappa shape index (κ2) is 5.13. The van der Waals surface area contributed by atoms with Crippen molar-refractivity contribution >= 4 is 11.9 Å². The van der Waals surface area contributed by atoms with Gasteiger partial charge in [-0.15, -0.1) is 0 Å². The third-order valence-corrected chi connectivity index (χ3v) is 4.49. The lowest BCUT2D eigenvalue weighted by molar-refractivity contribution is -0.149. The maximum Gasteiger partial charge on any atom is 0.343 e. The minimum atomic E-state index is -2.30. The number of aliphatic carboxylic acids is 1. The highest BCUT2D eigenvalue weighted by Gasteiger charge is 2.47. The van der Waals surface area contributed by atoms with Gasteiger partial charge in [-0.2, -0.15) is 0 Å². The number of carboxylic acid groups (broad SMARTS) is 1. The Bertz CT molecular complexity index is 601. The number of amides is 1. The fraction of sp³-hybridized carbons (Fsp3) is 0.500. The smallest absolute Gasteiger partial charge is 0.343 e. The number of fused-ring (bicyclic) bond motifs is 1. The molecule has 1 aliphatic carbocycles. The summed E-state index contributed by atoms with van der Waals surface area (Å²) in [5, 5.41) is 8.89. The number of carbonyl (C=O) groups excluding carboxylic acids is 1. The van der Waals surface area contributed by atoms with E-state index in [4.69, 9.17) is 5.11 Å². The normalized spacial score (nSPS) is 24.7. The van der Waals surface area contributed by atoms with Gasteiger partial charge >= 0.3 is 5.97 Å². The van der Waals surface area contributed by atoms with E-state index in [2.05, 4.69) is 0 Å². The number of carboxylic acids is 1. The number of hydrogen-bond donors (Lipinski definition) is 1. The Balaban J connectivity index is 1.79. The Kier molecular flexibility index (Phi) is 3.43. The summed E-state index contributed by atoms with van der Waals surface area (Å²) >= 11 is 0. The van der Waals surface area contributed by atoms with E-state index >= 15 is 0 Å². The third kappa shape index (κ3) is 2.52. The summed E-state index contributed by atoms with van der Waals surface area (Å²) in [4.78, 5) is 24.6. The molecule has 0 radical (unpaired) electrons. The Hall–Kier alpha value is -1.91. The van der Waals surface area contributed by atoms with Crippen LogP contribution in [0.4, 0.5) is 4.39 Å². The van der Waals surface area contributed by atoms with Gasteiger partial charge in [-0.3, -0.25) is 4.79 Å². The minimum Gasteiger partial charge on any atom is -0.479 e. The van der Waals surface area contributed by atoms with Crippen molar-refractivity contribution in [3.05, 3.63) is 34.9 Å². The van der Waals surface area contributed by atoms with E-state index in [9.17, 15) is 14.0 Å². The molecular formula is C16H18FNO3. The summed E-state index contributed by atoms with van der Waals surface area (Å²) in [6.07, 6.45) is 4.17. The molecule has 112 valence electrons. The van der Waals surface area contributed by atoms with Gasteiger partial charge < -0.3 is 10.0 Å². The number of rotatable bonds is 2. The second-order valence-electron chi connectivity index (χ2n) is 5.94. The fourth-order valence-corrected chi connectivity index (χ4v) is 3.17. The van der Waals surface area contributed by atoms with E-state index in [1.807, 2.05) is 12.1 Å². The lowest BCUT2D eigenvalue weighted by Gasteiger charge is -2.20. The Morgan fingerprint density at radius 2 is 1.90 bits per heavy atom. The van der Waals surface area contributed by atoms with Crippen molar-refractivity contribution in [3.63, 3.8) is 0 Å². The van der Waals surface area contributed by atoms with Crippen LogP contribution in [0.5, 0.6) is 0 Å². The maximum absolute atomic E-state index is 14.0. The van der Waals surface area contributed by atoms with Crippen LogP contribution in [0.3, 0.4) is 0 Å². The molecule has 0 saturated carbocycles. The quantitative estimate of drug-likeness (QED) is 0.909. The molecular weight excluding hydrogens is 273 g/mol. The van der Waals surface area contributed by atoms with Crippen molar-refractivity contribution < 1.29 is 19.1 Å². The predicted octanol–water partition coefficient (Wildman–Crippen LogP) is 2.20. The monoisotopic (exact) mass is 291 g/mol. The van der Waals surface area contributed by atoms with E-state index in [1.54, 1.807) is 6.07 Å². The predicted molar refractivity (Wildman–Crippen MR) is 75.1 cm³/mol. The maximum atomic E-state index is 14.0. The zero-order chi connectivity index (χ0) is 15.0. The molecule has 1 heterocycles. The van der Waals surface area contributed by atoms with E-state index in [1.165, 1.54) is 22.4 Å². The number of aryl methyl sites for hydroxylation is 2. The molecule has 1 saturated heterocycles. The van der Waals surface area contributed by atoms with E-state index in [0.717, 1.165) is 19.3 Å². The largest absolute Gasteiger partial charge is 0.479 e. The highest BCUT2D eigenvalue weighted by atomic mass is 19.1. The Morgan fingerprint density at radius 3 is 2.57 bits per heavy atom. The number of benzene rings is 1. The van der Waals surface area contributed by atoms with Crippen LogP contribution >= 0.6 is 0 Å². The van der Waals surface area contributed by atoms with Crippen LogP contribution < -0.4 is 0 Å². The standard InChI is InChI=1S/C16H18FNO3/c17-16(15(20)21)7-8-18(10-16)14(19)13-6-5-11-3-1-2-4-12(11)9-13/h5-6,9H,1-4,7-8,10H2,(H,20,21). The summed E-state index contributed by atoms with van der Waals surface area (Å²) in [6, 6.07) is 5.62. The van der Waals surface area contributed by atoms with Gasteiger partial charge in [0.15, 0.2) is 0 Å². The van der Waals surface area contributed by atoms with Crippen LogP contribution in [-0.4, -0.2) is 40.6 Å². The molecule has 0 aromatic heterocycles. The van der Waals surface area contributed by atoms with Crippen molar-refractivity contribution in [1.82, 2.24) is 4.90 Å². The number of halogens is 1. The van der Waals surface area contributed by atoms with Crippen LogP contribution in [0, 0.1) is 0 Å². The van der Waals surface area contributed by atoms with Crippen LogP contribution in [0.15, 0.2) is 18.2 Å². The van der Waals surface area contributed by atoms with Crippen molar-refractivity contribution in [3.8, 4) is 0 Å². The molecule has 1 unspecified atom stereocenters. The molecule has 1 aromatic rings. The van der Waals surface area contributed by atoms with Gasteiger partial charge in [0.25, 0.3) is 5.91 Å². The summed E-state index contributed by atoms with van der Waals surface area (Å²) in [7, 11) is 0. The summed E-state index contributed by atoms with van der Waals surface area (Å²) in [5.41, 5.74) is 0.704. The first-order chi connectivity index (χ1) is 9.99. The fourth-order valence-electron chi connectivity index (χ4n) is 3.17. The van der Waals surface area contributed by atoms with Crippen LogP contribution in [0.1, 0.15) is 40.7 Å². The average molecular weight is 291 g/mol. The first kappa shape index (κ1) is 14.0. The van der Waals surface area contributed by atoms with Gasteiger partial charge in [0.2, 0.25) is 5.67 Å². The van der Waals surface area contributed by atoms with E-state index in [-0.39, 0.29) is 25.4 Å². The molecule has 2 aliphatic rings. The molecule has 0 spiro atoms. The summed E-state index contributed by atoms with van der Waals surface area (Å²) in [5.74, 6) is -1.76. The number of hydrogen-bond acceptors (Lipinski definition) is 2. The zero-order valence-electron chi connectivity index (χ0n) is 11.8. The SMILES string of the molecule is O=C(c1ccc2c(c1)CCCC2)N1CCC(F)(C(=O)O)C1. The van der Waals surface area contributed by atoms with Crippen molar-refractivity contribution in [1.29, 1.82) is 0 Å². The number of carbonyl (C=O) groups is 2. The molecule has 3 rings (SSSR count). The summed E-state index contributed by atoms with van der Waals surface area (Å²) < 4.78 is 14.0. The van der Waals surface area contributed by atoms with Crippen molar-refractivity contribution in [2.24, 2.45) is 0 Å². The molecule has 1 aliphatic heterocycles. The zero-order valence-corrected chi connectivity index (χ0v) is 11.8. The highest BCUT2D eigenvalue weighted by Crippen LogP contribution is 2.28. The summed E-state index contributed by atoms with van der Waals surface area (Å²) in [6.45, 7) is -0.211. The Labute approximate surface area is 122 Å². The van der Waals surface area contributed by atoms with Gasteiger partial charge in [0, 0.05) is 18.5 Å². The van der Waals surface area contributed by atoms with Gasteiger partial charge in [-0.05, 0) is 48.9 Å². The van der Waals surface area contributed by atoms with Crippen molar-refractivity contribution in [2.45, 2.75) is 37.8 Å². The number of nitrogens with zero attached hydrogens (tertiary/aromatic N) is 1. The molecule has 4 nitrogen and oxygen atoms in total. The molecule has 1 fully saturated rings. The molecule has 1 aromatic carbocycles. The van der Waals surface area contributed by atoms with Crippen LogP contribution in [0.25, 0.3) is 0 Å². The van der Waals surface area contributed by atoms with Gasteiger partial charge in [-0.1, -0.05) is 6.07 Å². The lowest BCUT2D eigenvalue weighted by atomic mass is 9.90. The average Bonchev–Trinajstić information content (AvgIpc) is 2.90. The molecule has 1 amide bonds. The van der Waals surface area contributed by atoms with E-state index in [0.29, 0.717) is 5.56 Å². The Morgan fingerprint density at radius 1 is 1.19 bits per heavy atom. The topological polar surface area (TPSA) is 57.6 Å². The molecule has 1 N–H and O–H groups in total. The molecule has 21 heavy (non-hydrogen) atoms. The molecule has 5 heteroatoms. The first-order valence-corrected chi connectivity index (χ1v) is 7.33.